The van der Waals surface area contributed by atoms with Gasteiger partial charge in [-0.2, -0.15) is 5.10 Å². The number of hydrogen-bond donors (Lipinski definition) is 1. The fraction of sp³-hybridized carbons (Fsp3) is 0.263. The molecule has 5 nitrogen and oxygen atoms in total. The van der Waals surface area contributed by atoms with Crippen LogP contribution in [0.15, 0.2) is 48.7 Å². The van der Waals surface area contributed by atoms with E-state index in [9.17, 15) is 0 Å². The molecule has 0 aliphatic rings. The first-order chi connectivity index (χ1) is 11.6. The van der Waals surface area contributed by atoms with Crippen LogP contribution in [0.3, 0.4) is 0 Å². The molecule has 3 aromatic rings. The van der Waals surface area contributed by atoms with Crippen LogP contribution in [-0.4, -0.2) is 21.9 Å². The SMILES string of the molecule is COc1ccc(-n2nc(C(C)C)cc2-c2ccc(CN)cc2)cn1.Cl.Cl. The number of methoxy groups -OCH3 is 1. The van der Waals surface area contributed by atoms with Gasteiger partial charge in [0.2, 0.25) is 5.88 Å². The highest BCUT2D eigenvalue weighted by Gasteiger charge is 2.14. The molecule has 3 rings (SSSR count). The number of halogens is 2. The summed E-state index contributed by atoms with van der Waals surface area (Å²) in [6, 6.07) is 14.2. The second-order valence-corrected chi connectivity index (χ2v) is 5.98. The second kappa shape index (κ2) is 9.57. The number of pyridine rings is 1. The van der Waals surface area contributed by atoms with Crippen molar-refractivity contribution in [2.75, 3.05) is 7.11 Å². The van der Waals surface area contributed by atoms with E-state index < -0.39 is 0 Å². The first-order valence-electron chi connectivity index (χ1n) is 8.02. The van der Waals surface area contributed by atoms with E-state index in [2.05, 4.69) is 37.0 Å². The van der Waals surface area contributed by atoms with Crippen LogP contribution in [0.1, 0.15) is 31.0 Å². The lowest BCUT2D eigenvalue weighted by atomic mass is 10.1. The molecule has 0 fully saturated rings. The zero-order chi connectivity index (χ0) is 17.1. The molecule has 0 saturated heterocycles. The maximum Gasteiger partial charge on any atom is 0.213 e. The van der Waals surface area contributed by atoms with Crippen molar-refractivity contribution >= 4 is 24.8 Å². The van der Waals surface area contributed by atoms with Crippen molar-refractivity contribution in [2.24, 2.45) is 5.73 Å². The molecule has 0 atom stereocenters. The molecule has 0 bridgehead atoms. The zero-order valence-corrected chi connectivity index (χ0v) is 16.7. The van der Waals surface area contributed by atoms with Crippen LogP contribution >= 0.6 is 24.8 Å². The maximum absolute atomic E-state index is 5.69. The molecule has 2 N–H and O–H groups in total. The number of ether oxygens (including phenoxy) is 1. The maximum atomic E-state index is 5.69. The van der Waals surface area contributed by atoms with Gasteiger partial charge in [-0.1, -0.05) is 38.1 Å². The van der Waals surface area contributed by atoms with Crippen molar-refractivity contribution in [3.63, 3.8) is 0 Å². The van der Waals surface area contributed by atoms with Gasteiger partial charge in [0.05, 0.1) is 30.4 Å². The fourth-order valence-corrected chi connectivity index (χ4v) is 2.51. The highest BCUT2D eigenvalue weighted by Crippen LogP contribution is 2.27. The van der Waals surface area contributed by atoms with E-state index in [4.69, 9.17) is 15.6 Å². The Hall–Kier alpha value is -2.08. The summed E-state index contributed by atoms with van der Waals surface area (Å²) < 4.78 is 7.07. The Morgan fingerprint density at radius 2 is 1.77 bits per heavy atom. The Morgan fingerprint density at radius 3 is 2.27 bits per heavy atom. The zero-order valence-electron chi connectivity index (χ0n) is 15.0. The molecule has 140 valence electrons. The average Bonchev–Trinajstić information content (AvgIpc) is 3.07. The van der Waals surface area contributed by atoms with Gasteiger partial charge in [-0.25, -0.2) is 9.67 Å². The van der Waals surface area contributed by atoms with Crippen LogP contribution in [0.2, 0.25) is 0 Å². The highest BCUT2D eigenvalue weighted by molar-refractivity contribution is 5.85. The van der Waals surface area contributed by atoms with Crippen LogP contribution < -0.4 is 10.5 Å². The third-order valence-corrected chi connectivity index (χ3v) is 3.98. The van der Waals surface area contributed by atoms with Gasteiger partial charge in [0.15, 0.2) is 0 Å². The first-order valence-corrected chi connectivity index (χ1v) is 8.02. The van der Waals surface area contributed by atoms with Crippen LogP contribution in [0.5, 0.6) is 5.88 Å². The summed E-state index contributed by atoms with van der Waals surface area (Å²) in [5.74, 6) is 0.934. The van der Waals surface area contributed by atoms with Gasteiger partial charge >= 0.3 is 0 Å². The Bertz CT molecular complexity index is 750. The van der Waals surface area contributed by atoms with Crippen molar-refractivity contribution in [1.82, 2.24) is 14.8 Å². The van der Waals surface area contributed by atoms with Gasteiger partial charge in [-0.3, -0.25) is 0 Å². The molecule has 26 heavy (non-hydrogen) atoms. The van der Waals surface area contributed by atoms with Crippen LogP contribution in [0, 0.1) is 0 Å². The Labute approximate surface area is 166 Å². The number of nitrogens with two attached hydrogens (primary N) is 1. The normalized spacial score (nSPS) is 10.2. The van der Waals surface area contributed by atoms with Gasteiger partial charge < -0.3 is 10.5 Å². The lowest BCUT2D eigenvalue weighted by Gasteiger charge is -2.08. The molecule has 0 amide bonds. The summed E-state index contributed by atoms with van der Waals surface area (Å²) in [7, 11) is 1.61. The summed E-state index contributed by atoms with van der Waals surface area (Å²) in [4.78, 5) is 4.29. The van der Waals surface area contributed by atoms with Crippen molar-refractivity contribution in [3.05, 3.63) is 59.9 Å². The summed E-state index contributed by atoms with van der Waals surface area (Å²) in [6.07, 6.45) is 1.77. The molecular weight excluding hydrogens is 371 g/mol. The molecular formula is C19H24Cl2N4O. The number of rotatable bonds is 5. The summed E-state index contributed by atoms with van der Waals surface area (Å²) >= 11 is 0. The van der Waals surface area contributed by atoms with E-state index in [1.807, 2.05) is 28.9 Å². The Morgan fingerprint density at radius 1 is 1.08 bits per heavy atom. The average molecular weight is 395 g/mol. The smallest absolute Gasteiger partial charge is 0.213 e. The lowest BCUT2D eigenvalue weighted by molar-refractivity contribution is 0.397. The molecule has 2 heterocycles. The van der Waals surface area contributed by atoms with E-state index in [0.717, 1.165) is 28.2 Å². The van der Waals surface area contributed by atoms with Gasteiger partial charge in [0.25, 0.3) is 0 Å². The molecule has 0 saturated carbocycles. The van der Waals surface area contributed by atoms with Gasteiger partial charge in [-0.05, 0) is 23.6 Å². The van der Waals surface area contributed by atoms with Crippen LogP contribution in [0.25, 0.3) is 16.9 Å². The standard InChI is InChI=1S/C19H22N4O.2ClH/c1-13(2)17-10-18(15-6-4-14(11-20)5-7-15)23(22-17)16-8-9-19(24-3)21-12-16;;/h4-10,12-13H,11,20H2,1-3H3;2*1H. The molecule has 1 aromatic carbocycles. The molecule has 0 spiro atoms. The van der Waals surface area contributed by atoms with E-state index in [1.165, 1.54) is 0 Å². The lowest BCUT2D eigenvalue weighted by Crippen LogP contribution is -2.01. The molecule has 7 heteroatoms. The van der Waals surface area contributed by atoms with E-state index in [1.54, 1.807) is 13.3 Å². The Kier molecular flexibility index (Phi) is 8.08. The van der Waals surface area contributed by atoms with E-state index in [-0.39, 0.29) is 24.8 Å². The predicted octanol–water partition coefficient (Wildman–Crippen LogP) is 4.37. The third kappa shape index (κ3) is 4.55. The van der Waals surface area contributed by atoms with Crippen molar-refractivity contribution in [1.29, 1.82) is 0 Å². The Balaban J connectivity index is 0.00000169. The minimum Gasteiger partial charge on any atom is -0.481 e. The quantitative estimate of drug-likeness (QED) is 0.697. The highest BCUT2D eigenvalue weighted by atomic mass is 35.5. The van der Waals surface area contributed by atoms with E-state index in [0.29, 0.717) is 18.3 Å². The van der Waals surface area contributed by atoms with Gasteiger partial charge in [0, 0.05) is 18.2 Å². The monoisotopic (exact) mass is 394 g/mol. The van der Waals surface area contributed by atoms with Crippen molar-refractivity contribution < 1.29 is 4.74 Å². The van der Waals surface area contributed by atoms with Crippen LogP contribution in [0.4, 0.5) is 0 Å². The third-order valence-electron chi connectivity index (χ3n) is 3.98. The van der Waals surface area contributed by atoms with Gasteiger partial charge in [-0.15, -0.1) is 24.8 Å². The summed E-state index contributed by atoms with van der Waals surface area (Å²) in [5.41, 5.74) is 10.9. The number of nitrogens with zero attached hydrogens (tertiary/aromatic N) is 3. The minimum absolute atomic E-state index is 0. The summed E-state index contributed by atoms with van der Waals surface area (Å²) in [5, 5.41) is 4.77. The molecule has 0 radical (unpaired) electrons. The van der Waals surface area contributed by atoms with Crippen LogP contribution in [-0.2, 0) is 6.54 Å². The van der Waals surface area contributed by atoms with Gasteiger partial charge in [0.1, 0.15) is 0 Å². The van der Waals surface area contributed by atoms with Crippen molar-refractivity contribution in [3.8, 4) is 22.8 Å². The molecule has 0 aliphatic heterocycles. The fourth-order valence-electron chi connectivity index (χ4n) is 2.51. The number of aromatic nitrogens is 3. The topological polar surface area (TPSA) is 66.0 Å². The number of hydrogen-bond acceptors (Lipinski definition) is 4. The van der Waals surface area contributed by atoms with Crippen molar-refractivity contribution in [2.45, 2.75) is 26.3 Å². The molecule has 0 unspecified atom stereocenters. The largest absolute Gasteiger partial charge is 0.481 e. The first kappa shape index (κ1) is 22.0. The number of benzene rings is 1. The molecule has 0 aliphatic carbocycles. The minimum atomic E-state index is 0. The second-order valence-electron chi connectivity index (χ2n) is 5.98. The predicted molar refractivity (Wildman–Crippen MR) is 110 cm³/mol. The van der Waals surface area contributed by atoms with E-state index >= 15 is 0 Å². The molecule has 2 aromatic heterocycles. The summed E-state index contributed by atoms with van der Waals surface area (Å²) in [6.45, 7) is 4.82.